The molecule has 0 atom stereocenters. The van der Waals surface area contributed by atoms with Crippen LogP contribution in [0.4, 0.5) is 23.0 Å². The number of nitrogens with zero attached hydrogens (tertiary/aromatic N) is 2. The highest BCUT2D eigenvalue weighted by Crippen LogP contribution is 2.27. The van der Waals surface area contributed by atoms with E-state index in [0.29, 0.717) is 17.1 Å². The Hall–Kier alpha value is -3.81. The van der Waals surface area contributed by atoms with Crippen LogP contribution in [-0.2, 0) is 6.42 Å². The normalized spacial score (nSPS) is 10.2. The number of ether oxygens (including phenoxy) is 1. The molecule has 5 N–H and O–H groups in total. The molecule has 0 radical (unpaired) electrons. The van der Waals surface area contributed by atoms with Crippen molar-refractivity contribution in [3.63, 3.8) is 0 Å². The molecule has 0 aliphatic rings. The van der Waals surface area contributed by atoms with Crippen LogP contribution >= 0.6 is 0 Å². The van der Waals surface area contributed by atoms with Crippen LogP contribution in [0.15, 0.2) is 54.9 Å². The summed E-state index contributed by atoms with van der Waals surface area (Å²) in [7, 11) is 1.51. The fourth-order valence-corrected chi connectivity index (χ4v) is 2.69. The van der Waals surface area contributed by atoms with Crippen LogP contribution in [0.25, 0.3) is 0 Å². The molecule has 0 saturated carbocycles. The molecule has 2 aromatic carbocycles. The van der Waals surface area contributed by atoms with Gasteiger partial charge in [-0.15, -0.1) is 0 Å². The van der Waals surface area contributed by atoms with Gasteiger partial charge in [-0.2, -0.15) is 0 Å². The summed E-state index contributed by atoms with van der Waals surface area (Å²) in [5.74, 6) is 0.831. The molecule has 144 valence electrons. The molecule has 0 unspecified atom stereocenters. The van der Waals surface area contributed by atoms with Gasteiger partial charge in [-0.05, 0) is 30.2 Å². The van der Waals surface area contributed by atoms with Crippen molar-refractivity contribution in [2.45, 2.75) is 13.3 Å². The summed E-state index contributed by atoms with van der Waals surface area (Å²) in [5.41, 5.74) is 14.2. The first-order valence-electron chi connectivity index (χ1n) is 8.78. The summed E-state index contributed by atoms with van der Waals surface area (Å²) >= 11 is 0. The molecule has 3 rings (SSSR count). The number of hydrogen-bond acceptors (Lipinski definition) is 7. The van der Waals surface area contributed by atoms with Gasteiger partial charge in [0.05, 0.1) is 12.7 Å². The predicted octanol–water partition coefficient (Wildman–Crippen LogP) is 3.13. The maximum Gasteiger partial charge on any atom is 0.273 e. The van der Waals surface area contributed by atoms with E-state index in [9.17, 15) is 4.79 Å². The van der Waals surface area contributed by atoms with E-state index in [1.807, 2.05) is 24.3 Å². The first kappa shape index (κ1) is 19.0. The number of amides is 1. The number of nitrogens with one attached hydrogen (secondary N) is 3. The van der Waals surface area contributed by atoms with E-state index in [-0.39, 0.29) is 17.4 Å². The fraction of sp³-hybridized carbons (Fsp3) is 0.150. The smallest absolute Gasteiger partial charge is 0.273 e. The summed E-state index contributed by atoms with van der Waals surface area (Å²) in [6.45, 7) is 2.07. The summed E-state index contributed by atoms with van der Waals surface area (Å²) in [6, 6.07) is 14.8. The van der Waals surface area contributed by atoms with Crippen molar-refractivity contribution in [1.29, 1.82) is 0 Å². The third kappa shape index (κ3) is 4.12. The second kappa shape index (κ2) is 8.72. The molecule has 0 saturated heterocycles. The molecular weight excluding hydrogens is 356 g/mol. The number of methoxy groups -OCH3 is 1. The van der Waals surface area contributed by atoms with Crippen LogP contribution in [0.5, 0.6) is 5.75 Å². The first-order valence-corrected chi connectivity index (χ1v) is 8.78. The zero-order valence-electron chi connectivity index (χ0n) is 15.7. The minimum absolute atomic E-state index is 0.286. The minimum atomic E-state index is -0.374. The van der Waals surface area contributed by atoms with Crippen molar-refractivity contribution >= 4 is 28.9 Å². The van der Waals surface area contributed by atoms with Crippen LogP contribution in [0.1, 0.15) is 22.8 Å². The molecule has 0 aliphatic carbocycles. The number of rotatable bonds is 7. The number of aryl methyl sites for hydroxylation is 1. The SMILES string of the molecule is CCc1ccccc1Nc1ncnc(NNC(=O)c2ccccc2OC)c1N. The Morgan fingerprint density at radius 3 is 2.57 bits per heavy atom. The van der Waals surface area contributed by atoms with Crippen LogP contribution in [-0.4, -0.2) is 23.0 Å². The van der Waals surface area contributed by atoms with Crippen LogP contribution in [0, 0.1) is 0 Å². The Balaban J connectivity index is 1.75. The Bertz CT molecular complexity index is 976. The van der Waals surface area contributed by atoms with Gasteiger partial charge in [-0.1, -0.05) is 37.3 Å². The zero-order valence-corrected chi connectivity index (χ0v) is 15.7. The van der Waals surface area contributed by atoms with Crippen molar-refractivity contribution in [3.05, 3.63) is 66.0 Å². The minimum Gasteiger partial charge on any atom is -0.496 e. The fourth-order valence-electron chi connectivity index (χ4n) is 2.69. The molecule has 8 nitrogen and oxygen atoms in total. The van der Waals surface area contributed by atoms with Crippen LogP contribution in [0.3, 0.4) is 0 Å². The topological polar surface area (TPSA) is 114 Å². The number of carbonyl (C=O) groups excluding carboxylic acids is 1. The van der Waals surface area contributed by atoms with Crippen LogP contribution in [0.2, 0.25) is 0 Å². The number of aromatic nitrogens is 2. The summed E-state index contributed by atoms with van der Waals surface area (Å²) < 4.78 is 5.20. The third-order valence-corrected chi connectivity index (χ3v) is 4.18. The molecule has 0 spiro atoms. The average Bonchev–Trinajstić information content (AvgIpc) is 2.74. The van der Waals surface area contributed by atoms with Gasteiger partial charge >= 0.3 is 0 Å². The Morgan fingerprint density at radius 1 is 1.07 bits per heavy atom. The lowest BCUT2D eigenvalue weighted by Crippen LogP contribution is -2.30. The number of anilines is 4. The van der Waals surface area contributed by atoms with E-state index in [1.54, 1.807) is 24.3 Å². The van der Waals surface area contributed by atoms with E-state index in [1.165, 1.54) is 13.4 Å². The lowest BCUT2D eigenvalue weighted by atomic mass is 10.1. The van der Waals surface area contributed by atoms with Gasteiger partial charge in [0.25, 0.3) is 5.91 Å². The largest absolute Gasteiger partial charge is 0.496 e. The van der Waals surface area contributed by atoms with Gasteiger partial charge in [-0.3, -0.25) is 15.6 Å². The number of para-hydroxylation sites is 2. The Morgan fingerprint density at radius 2 is 1.79 bits per heavy atom. The second-order valence-electron chi connectivity index (χ2n) is 5.90. The number of carbonyl (C=O) groups is 1. The van der Waals surface area contributed by atoms with Crippen molar-refractivity contribution in [2.75, 3.05) is 23.6 Å². The molecule has 28 heavy (non-hydrogen) atoms. The number of benzene rings is 2. The monoisotopic (exact) mass is 378 g/mol. The van der Waals surface area contributed by atoms with E-state index in [0.717, 1.165) is 17.7 Å². The maximum atomic E-state index is 12.4. The standard InChI is InChI=1S/C20H22N6O2/c1-3-13-8-4-6-10-15(13)24-18-17(21)19(23-12-22-18)25-26-20(27)14-9-5-7-11-16(14)28-2/h4-12H,3,21H2,1-2H3,(H,26,27)(H2,22,23,24,25). The molecule has 1 heterocycles. The summed E-state index contributed by atoms with van der Waals surface area (Å²) in [6.07, 6.45) is 2.24. The van der Waals surface area contributed by atoms with E-state index in [4.69, 9.17) is 10.5 Å². The predicted molar refractivity (Wildman–Crippen MR) is 110 cm³/mol. The molecule has 0 fully saturated rings. The molecule has 3 aromatic rings. The number of hydrogen-bond donors (Lipinski definition) is 4. The average molecular weight is 378 g/mol. The van der Waals surface area contributed by atoms with Crippen molar-refractivity contribution in [1.82, 2.24) is 15.4 Å². The Labute approximate surface area is 163 Å². The molecular formula is C20H22N6O2. The second-order valence-corrected chi connectivity index (χ2v) is 5.90. The molecule has 0 bridgehead atoms. The van der Waals surface area contributed by atoms with Crippen LogP contribution < -0.4 is 26.6 Å². The van der Waals surface area contributed by atoms with Gasteiger partial charge in [-0.25, -0.2) is 9.97 Å². The third-order valence-electron chi connectivity index (χ3n) is 4.18. The van der Waals surface area contributed by atoms with Gasteiger partial charge in [0, 0.05) is 5.69 Å². The lowest BCUT2D eigenvalue weighted by Gasteiger charge is -2.15. The van der Waals surface area contributed by atoms with Gasteiger partial charge in [0.1, 0.15) is 17.8 Å². The number of nitrogens with two attached hydrogens (primary N) is 1. The maximum absolute atomic E-state index is 12.4. The highest BCUT2D eigenvalue weighted by atomic mass is 16.5. The molecule has 1 amide bonds. The lowest BCUT2D eigenvalue weighted by molar-refractivity contribution is 0.0959. The van der Waals surface area contributed by atoms with Gasteiger partial charge < -0.3 is 15.8 Å². The van der Waals surface area contributed by atoms with Crippen molar-refractivity contribution in [3.8, 4) is 5.75 Å². The van der Waals surface area contributed by atoms with Gasteiger partial charge in [0.15, 0.2) is 11.6 Å². The highest BCUT2D eigenvalue weighted by Gasteiger charge is 2.14. The number of nitrogen functional groups attached to an aromatic ring is 1. The number of hydrazine groups is 1. The highest BCUT2D eigenvalue weighted by molar-refractivity contribution is 5.97. The van der Waals surface area contributed by atoms with E-state index >= 15 is 0 Å². The molecule has 1 aromatic heterocycles. The zero-order chi connectivity index (χ0) is 19.9. The van der Waals surface area contributed by atoms with Crippen molar-refractivity contribution < 1.29 is 9.53 Å². The van der Waals surface area contributed by atoms with E-state index < -0.39 is 0 Å². The van der Waals surface area contributed by atoms with Crippen molar-refractivity contribution in [2.24, 2.45) is 0 Å². The van der Waals surface area contributed by atoms with E-state index in [2.05, 4.69) is 33.1 Å². The summed E-state index contributed by atoms with van der Waals surface area (Å²) in [4.78, 5) is 20.7. The van der Waals surface area contributed by atoms with Gasteiger partial charge in [0.2, 0.25) is 0 Å². The Kier molecular flexibility index (Phi) is 5.91. The first-order chi connectivity index (χ1) is 13.6. The quantitative estimate of drug-likeness (QED) is 0.467. The molecule has 0 aliphatic heterocycles. The summed E-state index contributed by atoms with van der Waals surface area (Å²) in [5, 5.41) is 3.22. The molecule has 8 heteroatoms.